The average Bonchev–Trinajstić information content (AvgIpc) is 2.78. The first-order valence-electron chi connectivity index (χ1n) is 6.49. The van der Waals surface area contributed by atoms with Gasteiger partial charge in [-0.25, -0.2) is 0 Å². The molecule has 106 valence electrons. The van der Waals surface area contributed by atoms with E-state index in [1.807, 2.05) is 19.9 Å². The molecule has 0 spiro atoms. The summed E-state index contributed by atoms with van der Waals surface area (Å²) in [5.74, 6) is -0.340. The fourth-order valence-corrected chi connectivity index (χ4v) is 2.59. The van der Waals surface area contributed by atoms with Crippen molar-refractivity contribution in [2.45, 2.75) is 26.4 Å². The molecule has 0 radical (unpaired) electrons. The minimum Gasteiger partial charge on any atom is -0.496 e. The summed E-state index contributed by atoms with van der Waals surface area (Å²) < 4.78 is 10.5. The monoisotopic (exact) mass is 274 g/mol. The van der Waals surface area contributed by atoms with Crippen LogP contribution >= 0.6 is 0 Å². The normalized spacial score (nSPS) is 21.4. The molecule has 0 bridgehead atoms. The van der Waals surface area contributed by atoms with E-state index >= 15 is 0 Å². The zero-order valence-electron chi connectivity index (χ0n) is 11.9. The molecule has 0 aromatic heterocycles. The maximum Gasteiger partial charge on any atom is 0.307 e. The van der Waals surface area contributed by atoms with Gasteiger partial charge in [0, 0.05) is 5.92 Å². The second-order valence-electron chi connectivity index (χ2n) is 5.04. The molecule has 0 aliphatic carbocycles. The average molecular weight is 274 g/mol. The van der Waals surface area contributed by atoms with Crippen LogP contribution in [-0.4, -0.2) is 25.0 Å². The molecule has 20 heavy (non-hydrogen) atoms. The van der Waals surface area contributed by atoms with Crippen LogP contribution in [0.5, 0.6) is 5.75 Å². The van der Waals surface area contributed by atoms with Gasteiger partial charge in [-0.2, -0.15) is 0 Å². The summed E-state index contributed by atoms with van der Waals surface area (Å²) in [6, 6.07) is 3.71. The molecule has 2 rings (SSSR count). The van der Waals surface area contributed by atoms with Gasteiger partial charge in [0.05, 0.1) is 19.1 Å². The number of Topliss-reactive ketones (excluding diaryl/α,β-unsaturated/α-hetero) is 1. The van der Waals surface area contributed by atoms with Gasteiger partial charge in [-0.3, -0.25) is 9.59 Å². The third-order valence-electron chi connectivity index (χ3n) is 3.50. The highest BCUT2D eigenvalue weighted by molar-refractivity contribution is 6.04. The van der Waals surface area contributed by atoms with Crippen LogP contribution in [-0.2, 0) is 9.53 Å². The first-order valence-corrected chi connectivity index (χ1v) is 6.49. The molecule has 1 fully saturated rings. The molecule has 0 amide bonds. The van der Waals surface area contributed by atoms with Gasteiger partial charge in [0.25, 0.3) is 0 Å². The van der Waals surface area contributed by atoms with Crippen LogP contribution < -0.4 is 4.74 Å². The predicted octanol–water partition coefficient (Wildman–Crippen LogP) is 2.61. The van der Waals surface area contributed by atoms with Gasteiger partial charge in [-0.15, -0.1) is 6.58 Å². The Kier molecular flexibility index (Phi) is 3.93. The van der Waals surface area contributed by atoms with E-state index in [1.165, 1.54) is 7.11 Å². The minimum absolute atomic E-state index is 0.201. The minimum atomic E-state index is -0.796. The van der Waals surface area contributed by atoms with Crippen molar-refractivity contribution in [2.24, 2.45) is 5.92 Å². The Morgan fingerprint density at radius 1 is 1.45 bits per heavy atom. The summed E-state index contributed by atoms with van der Waals surface area (Å²) >= 11 is 0. The molecule has 1 saturated heterocycles. The van der Waals surface area contributed by atoms with Crippen LogP contribution in [0.15, 0.2) is 24.8 Å². The zero-order chi connectivity index (χ0) is 14.9. The van der Waals surface area contributed by atoms with Crippen molar-refractivity contribution in [1.82, 2.24) is 0 Å². The van der Waals surface area contributed by atoms with E-state index in [1.54, 1.807) is 12.1 Å². The van der Waals surface area contributed by atoms with Crippen LogP contribution in [0.3, 0.4) is 0 Å². The summed E-state index contributed by atoms with van der Waals surface area (Å²) in [6.07, 6.45) is 1.01. The second kappa shape index (κ2) is 5.49. The molecular weight excluding hydrogens is 256 g/mol. The molecule has 0 N–H and O–H groups in total. The number of aryl methyl sites for hydroxylation is 2. The number of ketones is 1. The number of carbonyl (C=O) groups excluding carboxylic acids is 2. The molecule has 0 unspecified atom stereocenters. The molecule has 1 aliphatic heterocycles. The third kappa shape index (κ3) is 2.46. The Morgan fingerprint density at radius 2 is 2.15 bits per heavy atom. The standard InChI is InChI=1S/C16H18O4/c1-5-11-8-13(17)20-16(11)14(18)12-7-9(2)6-10(3)15(12)19-4/h5-7,11,16H,1,8H2,2-4H3/t11-,16-/m0/s1. The molecular formula is C16H18O4. The van der Waals surface area contributed by atoms with Crippen molar-refractivity contribution >= 4 is 11.8 Å². The van der Waals surface area contributed by atoms with Crippen molar-refractivity contribution < 1.29 is 19.1 Å². The number of carbonyl (C=O) groups is 2. The van der Waals surface area contributed by atoms with Gasteiger partial charge >= 0.3 is 5.97 Å². The zero-order valence-corrected chi connectivity index (χ0v) is 11.9. The van der Waals surface area contributed by atoms with Crippen LogP contribution in [0.1, 0.15) is 27.9 Å². The lowest BCUT2D eigenvalue weighted by atomic mass is 9.92. The van der Waals surface area contributed by atoms with E-state index in [2.05, 4.69) is 6.58 Å². The van der Waals surface area contributed by atoms with E-state index in [0.717, 1.165) is 11.1 Å². The number of benzene rings is 1. The first-order chi connectivity index (χ1) is 9.47. The van der Waals surface area contributed by atoms with Crippen molar-refractivity contribution in [3.05, 3.63) is 41.5 Å². The number of esters is 1. The SMILES string of the molecule is C=C[C@H]1CC(=O)O[C@@H]1C(=O)c1cc(C)cc(C)c1OC. The van der Waals surface area contributed by atoms with E-state index in [9.17, 15) is 9.59 Å². The molecule has 0 saturated carbocycles. The van der Waals surface area contributed by atoms with Gasteiger partial charge in [-0.05, 0) is 31.0 Å². The summed E-state index contributed by atoms with van der Waals surface area (Å²) in [6.45, 7) is 7.46. The van der Waals surface area contributed by atoms with Crippen LogP contribution in [0.4, 0.5) is 0 Å². The van der Waals surface area contributed by atoms with Gasteiger partial charge < -0.3 is 9.47 Å². The Morgan fingerprint density at radius 3 is 2.75 bits per heavy atom. The second-order valence-corrected chi connectivity index (χ2v) is 5.04. The van der Waals surface area contributed by atoms with Crippen LogP contribution in [0.25, 0.3) is 0 Å². The summed E-state index contributed by atoms with van der Waals surface area (Å²) in [4.78, 5) is 24.0. The fourth-order valence-electron chi connectivity index (χ4n) is 2.59. The Hall–Kier alpha value is -2.10. The third-order valence-corrected chi connectivity index (χ3v) is 3.50. The summed E-state index contributed by atoms with van der Waals surface area (Å²) in [5, 5.41) is 0. The summed E-state index contributed by atoms with van der Waals surface area (Å²) in [5.41, 5.74) is 2.30. The lowest BCUT2D eigenvalue weighted by molar-refractivity contribution is -0.140. The van der Waals surface area contributed by atoms with Crippen molar-refractivity contribution in [3.8, 4) is 5.75 Å². The van der Waals surface area contributed by atoms with Crippen molar-refractivity contribution in [3.63, 3.8) is 0 Å². The lowest BCUT2D eigenvalue weighted by Gasteiger charge is -2.17. The number of cyclic esters (lactones) is 1. The van der Waals surface area contributed by atoms with Gasteiger partial charge in [0.1, 0.15) is 5.75 Å². The maximum atomic E-state index is 12.6. The lowest BCUT2D eigenvalue weighted by Crippen LogP contribution is -2.26. The highest BCUT2D eigenvalue weighted by Gasteiger charge is 2.39. The topological polar surface area (TPSA) is 52.6 Å². The number of methoxy groups -OCH3 is 1. The molecule has 1 aromatic rings. The number of ether oxygens (including phenoxy) is 2. The van der Waals surface area contributed by atoms with Crippen molar-refractivity contribution in [1.29, 1.82) is 0 Å². The number of hydrogen-bond acceptors (Lipinski definition) is 4. The summed E-state index contributed by atoms with van der Waals surface area (Å²) in [7, 11) is 1.53. The molecule has 2 atom stereocenters. The largest absolute Gasteiger partial charge is 0.496 e. The predicted molar refractivity (Wildman–Crippen MR) is 75.0 cm³/mol. The smallest absolute Gasteiger partial charge is 0.307 e. The number of hydrogen-bond donors (Lipinski definition) is 0. The van der Waals surface area contributed by atoms with E-state index < -0.39 is 6.10 Å². The van der Waals surface area contributed by atoms with Crippen LogP contribution in [0.2, 0.25) is 0 Å². The number of rotatable bonds is 4. The van der Waals surface area contributed by atoms with E-state index in [-0.39, 0.29) is 24.1 Å². The molecule has 4 nitrogen and oxygen atoms in total. The molecule has 4 heteroatoms. The Bertz CT molecular complexity index is 574. The molecule has 1 heterocycles. The fraction of sp³-hybridized carbons (Fsp3) is 0.375. The highest BCUT2D eigenvalue weighted by atomic mass is 16.6. The van der Waals surface area contributed by atoms with Crippen LogP contribution in [0, 0.1) is 19.8 Å². The van der Waals surface area contributed by atoms with Gasteiger partial charge in [-0.1, -0.05) is 12.1 Å². The molecule has 1 aliphatic rings. The quantitative estimate of drug-likeness (QED) is 0.481. The highest BCUT2D eigenvalue weighted by Crippen LogP contribution is 2.31. The van der Waals surface area contributed by atoms with Crippen molar-refractivity contribution in [2.75, 3.05) is 7.11 Å². The Balaban J connectivity index is 2.43. The first kappa shape index (κ1) is 14.3. The van der Waals surface area contributed by atoms with Gasteiger partial charge in [0.2, 0.25) is 5.78 Å². The Labute approximate surface area is 118 Å². The maximum absolute atomic E-state index is 12.6. The van der Waals surface area contributed by atoms with E-state index in [0.29, 0.717) is 11.3 Å². The van der Waals surface area contributed by atoms with Gasteiger partial charge in [0.15, 0.2) is 6.10 Å². The van der Waals surface area contributed by atoms with E-state index in [4.69, 9.17) is 9.47 Å². The molecule has 1 aromatic carbocycles.